The van der Waals surface area contributed by atoms with Crippen molar-refractivity contribution in [1.29, 1.82) is 0 Å². The summed E-state index contributed by atoms with van der Waals surface area (Å²) in [6, 6.07) is -0.299. The monoisotopic (exact) mass is 946 g/mol. The first-order chi connectivity index (χ1) is 26.9. The van der Waals surface area contributed by atoms with Gasteiger partial charge in [-0.05, 0) is 136 Å². The summed E-state index contributed by atoms with van der Waals surface area (Å²) in [5.74, 6) is -3.64. The van der Waals surface area contributed by atoms with E-state index in [9.17, 15) is 44.3 Å². The number of hydrogen-bond donors (Lipinski definition) is 1. The Hall–Kier alpha value is -2.91. The highest BCUT2D eigenvalue weighted by Gasteiger charge is 2.52. The lowest BCUT2D eigenvalue weighted by Crippen LogP contribution is -2.48. The second kappa shape index (κ2) is 21.3. The van der Waals surface area contributed by atoms with Crippen molar-refractivity contribution < 1.29 is 44.3 Å². The molecule has 2 saturated heterocycles. The van der Waals surface area contributed by atoms with E-state index in [1.165, 1.54) is 12.7 Å². The van der Waals surface area contributed by atoms with E-state index < -0.39 is 66.7 Å². The highest BCUT2D eigenvalue weighted by Crippen LogP contribution is 2.40. The first-order valence-corrected chi connectivity index (χ1v) is 22.0. The first kappa shape index (κ1) is 52.2. The molecule has 21 heteroatoms. The molecule has 2 aromatic rings. The van der Waals surface area contributed by atoms with Crippen molar-refractivity contribution in [1.82, 2.24) is 34.5 Å². The Balaban J connectivity index is 0.000000355. The summed E-state index contributed by atoms with van der Waals surface area (Å²) in [5, 5.41) is 0. The average molecular weight is 948 g/mol. The fourth-order valence-corrected chi connectivity index (χ4v) is 8.20. The van der Waals surface area contributed by atoms with Gasteiger partial charge in [0.1, 0.15) is 23.6 Å². The lowest BCUT2D eigenvalue weighted by atomic mass is 9.91. The van der Waals surface area contributed by atoms with Crippen molar-refractivity contribution in [2.45, 2.75) is 147 Å². The Labute approximate surface area is 356 Å². The number of rotatable bonds is 10. The van der Waals surface area contributed by atoms with Gasteiger partial charge in [0.15, 0.2) is 0 Å². The smallest absolute Gasteiger partial charge is 0.329 e. The van der Waals surface area contributed by atoms with Crippen LogP contribution in [0.3, 0.4) is 0 Å². The van der Waals surface area contributed by atoms with E-state index in [1.54, 1.807) is 58.7 Å². The van der Waals surface area contributed by atoms with Crippen molar-refractivity contribution in [3.8, 4) is 0 Å². The van der Waals surface area contributed by atoms with Gasteiger partial charge >= 0.3 is 24.2 Å². The van der Waals surface area contributed by atoms with E-state index in [2.05, 4.69) is 45.0 Å². The van der Waals surface area contributed by atoms with E-state index in [4.69, 9.17) is 0 Å². The van der Waals surface area contributed by atoms with Gasteiger partial charge in [-0.15, -0.1) is 0 Å². The molecule has 5 atom stereocenters. The number of carbonyl (C=O) groups is 2. The maximum atomic E-state index is 12.9. The maximum absolute atomic E-state index is 12.9. The number of aromatic nitrogens is 4. The first-order valence-electron chi connectivity index (χ1n) is 18.9. The molecule has 59 heavy (non-hydrogen) atoms. The van der Waals surface area contributed by atoms with Gasteiger partial charge in [-0.3, -0.25) is 9.59 Å². The molecule has 2 aliphatic heterocycles. The summed E-state index contributed by atoms with van der Waals surface area (Å²) in [4.78, 5) is 40.6. The Morgan fingerprint density at radius 3 is 1.59 bits per heavy atom. The van der Waals surface area contributed by atoms with Crippen LogP contribution in [0.2, 0.25) is 0 Å². The molecule has 1 N–H and O–H groups in total. The van der Waals surface area contributed by atoms with E-state index >= 15 is 0 Å². The topological polar surface area (TPSA) is 151 Å². The van der Waals surface area contributed by atoms with Crippen LogP contribution in [0.4, 0.5) is 26.3 Å². The maximum Gasteiger partial charge on any atom is 0.471 e. The molecule has 0 bridgehead atoms. The third-order valence-electron chi connectivity index (χ3n) is 9.47. The van der Waals surface area contributed by atoms with Crippen LogP contribution < -0.4 is 4.72 Å². The third kappa shape index (κ3) is 17.2. The number of hydrogen-bond acceptors (Lipinski definition) is 8. The SMILES string of the molecule is Brc1cncnc1.CC1(C)C[C@H](CCC(NS(=O)C(C)(C)C)c2cncnc2)CN1C(=O)C(F)(F)F.CC1(C)C[C@H](CCC=NS(=O)C(C)(C)C)CN1C(=O)C(F)(F)F. The Kier molecular flexibility index (Phi) is 18.8. The minimum absolute atomic E-state index is 0.00850. The zero-order chi connectivity index (χ0) is 45.2. The predicted octanol–water partition coefficient (Wildman–Crippen LogP) is 8.27. The molecular formula is C38H57BrF6N8O4S2. The standard InChI is InChI=1S/C19H29F3N4O2S.C15H25F3N2O2S.C4H3BrN2/c1-17(2,3)29(28)25-15(14-9-23-12-24-10-14)7-6-13-8-18(4,5)26(11-13)16(27)19(20,21)22;1-13(2,3)23(22)19-8-6-7-11-9-14(4,5)20(10-11)12(21)15(16,17)18;5-4-1-6-3-7-2-4/h9-10,12-13,15,25H,6-8,11H2,1-5H3;8,11H,6-7,9-10H2,1-5H3;1-3H/t13-,15?,29?;11-,23?;/m00./s1. The van der Waals surface area contributed by atoms with Crippen molar-refractivity contribution in [3.05, 3.63) is 47.5 Å². The molecular weight excluding hydrogens is 890 g/mol. The Morgan fingerprint density at radius 1 is 0.797 bits per heavy atom. The van der Waals surface area contributed by atoms with Gasteiger partial charge in [0, 0.05) is 66.8 Å². The number of nitrogens with zero attached hydrogens (tertiary/aromatic N) is 7. The fraction of sp³-hybridized carbons (Fsp3) is 0.711. The second-order valence-corrected chi connectivity index (χ2v) is 22.5. The van der Waals surface area contributed by atoms with Crippen LogP contribution in [-0.2, 0) is 31.6 Å². The van der Waals surface area contributed by atoms with Gasteiger partial charge in [-0.2, -0.15) is 30.7 Å². The summed E-state index contributed by atoms with van der Waals surface area (Å²) in [5.41, 5.74) is -0.891. The molecule has 0 radical (unpaired) electrons. The van der Waals surface area contributed by atoms with Crippen LogP contribution in [0.25, 0.3) is 0 Å². The Morgan fingerprint density at radius 2 is 1.22 bits per heavy atom. The number of halogens is 7. The van der Waals surface area contributed by atoms with Crippen LogP contribution in [-0.4, -0.2) is 102 Å². The van der Waals surface area contributed by atoms with Crippen LogP contribution in [0, 0.1) is 11.8 Å². The molecule has 334 valence electrons. The highest BCUT2D eigenvalue weighted by molar-refractivity contribution is 9.10. The second-order valence-electron chi connectivity index (χ2n) is 17.7. The zero-order valence-electron chi connectivity index (χ0n) is 35.2. The van der Waals surface area contributed by atoms with Gasteiger partial charge in [0.2, 0.25) is 0 Å². The molecule has 2 fully saturated rings. The minimum atomic E-state index is -4.87. The third-order valence-corrected chi connectivity index (χ3v) is 12.9. The molecule has 3 unspecified atom stereocenters. The molecule has 12 nitrogen and oxygen atoms in total. The van der Waals surface area contributed by atoms with Crippen molar-refractivity contribution in [2.75, 3.05) is 13.1 Å². The fourth-order valence-electron chi connectivity index (χ4n) is 6.54. The zero-order valence-corrected chi connectivity index (χ0v) is 38.4. The van der Waals surface area contributed by atoms with Crippen molar-refractivity contribution in [3.63, 3.8) is 0 Å². The molecule has 2 aliphatic rings. The quantitative estimate of drug-likeness (QED) is 0.185. The molecule has 4 rings (SSSR count). The van der Waals surface area contributed by atoms with Gasteiger partial charge < -0.3 is 9.80 Å². The summed E-state index contributed by atoms with van der Waals surface area (Å²) in [7, 11) is -2.66. The Bertz CT molecular complexity index is 1740. The molecule has 2 amide bonds. The molecule has 2 aromatic heterocycles. The number of likely N-dealkylation sites (tertiary alicyclic amines) is 2. The molecule has 0 saturated carbocycles. The van der Waals surface area contributed by atoms with Crippen molar-refractivity contribution in [2.24, 2.45) is 16.2 Å². The summed E-state index contributed by atoms with van der Waals surface area (Å²) in [6.07, 6.45) is 4.70. The van der Waals surface area contributed by atoms with E-state index in [1.807, 2.05) is 41.5 Å². The molecule has 0 aliphatic carbocycles. The lowest BCUT2D eigenvalue weighted by Gasteiger charge is -2.31. The number of carbonyl (C=O) groups excluding carboxylic acids is 2. The van der Waals surface area contributed by atoms with Crippen LogP contribution in [0.5, 0.6) is 0 Å². The van der Waals surface area contributed by atoms with Crippen molar-refractivity contribution >= 4 is 55.9 Å². The summed E-state index contributed by atoms with van der Waals surface area (Å²) < 4.78 is 108. The van der Waals surface area contributed by atoms with Gasteiger partial charge in [-0.25, -0.2) is 33.1 Å². The molecule has 0 spiro atoms. The van der Waals surface area contributed by atoms with Gasteiger partial charge in [0.25, 0.3) is 0 Å². The minimum Gasteiger partial charge on any atom is -0.329 e. The van der Waals surface area contributed by atoms with E-state index in [0.717, 1.165) is 19.8 Å². The number of nitrogens with one attached hydrogen (secondary N) is 1. The van der Waals surface area contributed by atoms with E-state index in [-0.39, 0.29) is 31.0 Å². The average Bonchev–Trinajstić information content (AvgIpc) is 3.59. The summed E-state index contributed by atoms with van der Waals surface area (Å²) in [6.45, 7) is 17.8. The van der Waals surface area contributed by atoms with Crippen LogP contribution in [0.1, 0.15) is 119 Å². The van der Waals surface area contributed by atoms with Gasteiger partial charge in [-0.1, -0.05) is 0 Å². The summed E-state index contributed by atoms with van der Waals surface area (Å²) >= 11 is 3.19. The van der Waals surface area contributed by atoms with E-state index in [0.29, 0.717) is 38.5 Å². The molecule has 4 heterocycles. The normalized spacial score (nSPS) is 20.9. The lowest BCUT2D eigenvalue weighted by molar-refractivity contribution is -0.188. The highest BCUT2D eigenvalue weighted by atomic mass is 79.9. The van der Waals surface area contributed by atoms with Crippen LogP contribution in [0.15, 0.2) is 46.3 Å². The number of alkyl halides is 6. The predicted molar refractivity (Wildman–Crippen MR) is 220 cm³/mol. The van der Waals surface area contributed by atoms with Crippen LogP contribution >= 0.6 is 15.9 Å². The largest absolute Gasteiger partial charge is 0.471 e. The van der Waals surface area contributed by atoms with Gasteiger partial charge in [0.05, 0.1) is 25.0 Å². The molecule has 0 aromatic carbocycles. The number of amides is 2.